The topological polar surface area (TPSA) is 0 Å². The summed E-state index contributed by atoms with van der Waals surface area (Å²) in [4.78, 5) is 0. The van der Waals surface area contributed by atoms with Crippen LogP contribution in [0.5, 0.6) is 0 Å². The van der Waals surface area contributed by atoms with Crippen molar-refractivity contribution >= 4 is 0 Å². The van der Waals surface area contributed by atoms with Crippen molar-refractivity contribution in [3.8, 4) is 11.1 Å². The lowest BCUT2D eigenvalue weighted by Gasteiger charge is -2.50. The Balaban J connectivity index is 2.08. The molecule has 4 rings (SSSR count). The third kappa shape index (κ3) is 5.78. The minimum Gasteiger partial charge on any atom is -0.0654 e. The van der Waals surface area contributed by atoms with Crippen LogP contribution < -0.4 is 0 Å². The third-order valence-corrected chi connectivity index (χ3v) is 10.8. The minimum absolute atomic E-state index is 0.102. The first-order chi connectivity index (χ1) is 18.2. The summed E-state index contributed by atoms with van der Waals surface area (Å²) >= 11 is 0. The van der Waals surface area contributed by atoms with Gasteiger partial charge in [-0.1, -0.05) is 145 Å². The molecule has 0 N–H and O–H groups in total. The van der Waals surface area contributed by atoms with E-state index in [0.717, 1.165) is 23.7 Å². The van der Waals surface area contributed by atoms with Gasteiger partial charge in [0.15, 0.2) is 0 Å². The van der Waals surface area contributed by atoms with Crippen molar-refractivity contribution in [1.82, 2.24) is 0 Å². The number of benzene rings is 2. The molecule has 0 heterocycles. The van der Waals surface area contributed by atoms with E-state index in [-0.39, 0.29) is 16.2 Å². The number of fused-ring (bicyclic) bond motifs is 3. The number of unbranched alkanes of at least 4 members (excludes halogenated alkanes) is 1. The quantitative estimate of drug-likeness (QED) is 0.319. The molecule has 0 bridgehead atoms. The van der Waals surface area contributed by atoms with Gasteiger partial charge in [-0.15, -0.1) is 0 Å². The molecule has 0 nitrogen and oxygen atoms in total. The molecule has 0 heteroatoms. The number of hydrogen-bond acceptors (Lipinski definition) is 0. The summed E-state index contributed by atoms with van der Waals surface area (Å²) in [5, 5.41) is 0. The van der Waals surface area contributed by atoms with E-state index < -0.39 is 0 Å². The lowest BCUT2D eigenvalue weighted by Crippen LogP contribution is -2.45. The van der Waals surface area contributed by atoms with E-state index in [9.17, 15) is 0 Å². The lowest BCUT2D eigenvalue weighted by molar-refractivity contribution is 0.0736. The first-order valence-electron chi connectivity index (χ1n) is 16.5. The highest BCUT2D eigenvalue weighted by atomic mass is 14.6. The predicted octanol–water partition coefficient (Wildman–Crippen LogP) is 11.9. The van der Waals surface area contributed by atoms with Crippen LogP contribution in [0.2, 0.25) is 0 Å². The van der Waals surface area contributed by atoms with Crippen LogP contribution in [0.1, 0.15) is 150 Å². The van der Waals surface area contributed by atoms with E-state index in [0.29, 0.717) is 5.92 Å². The maximum Gasteiger partial charge on any atom is 0.0249 e. The molecule has 1 fully saturated rings. The number of rotatable bonds is 8. The Bertz CT molecular complexity index is 1050. The molecular weight excluding hydrogens is 468 g/mol. The molecule has 2 aliphatic carbocycles. The molecule has 0 amide bonds. The fraction of sp³-hybridized carbons (Fsp3) is 0.692. The Morgan fingerprint density at radius 3 is 1.79 bits per heavy atom. The predicted molar refractivity (Wildman–Crippen MR) is 173 cm³/mol. The first-order valence-corrected chi connectivity index (χ1v) is 16.5. The molecule has 4 atom stereocenters. The molecule has 39 heavy (non-hydrogen) atoms. The van der Waals surface area contributed by atoms with Gasteiger partial charge in [-0.2, -0.15) is 0 Å². The molecule has 1 saturated carbocycles. The second-order valence-corrected chi connectivity index (χ2v) is 16.0. The third-order valence-electron chi connectivity index (χ3n) is 10.8. The fourth-order valence-electron chi connectivity index (χ4n) is 8.31. The Hall–Kier alpha value is -1.56. The van der Waals surface area contributed by atoms with Crippen LogP contribution in [0.15, 0.2) is 36.4 Å². The second-order valence-electron chi connectivity index (χ2n) is 16.0. The van der Waals surface area contributed by atoms with Crippen LogP contribution in [0.25, 0.3) is 11.1 Å². The van der Waals surface area contributed by atoms with Gasteiger partial charge in [0.2, 0.25) is 0 Å². The van der Waals surface area contributed by atoms with E-state index in [1.807, 2.05) is 0 Å². The molecule has 0 aliphatic heterocycles. The van der Waals surface area contributed by atoms with Gasteiger partial charge in [-0.3, -0.25) is 0 Å². The van der Waals surface area contributed by atoms with Crippen LogP contribution >= 0.6 is 0 Å². The lowest BCUT2D eigenvalue weighted by atomic mass is 9.53. The highest BCUT2D eigenvalue weighted by molar-refractivity contribution is 5.82. The van der Waals surface area contributed by atoms with Gasteiger partial charge in [0.05, 0.1) is 0 Å². The van der Waals surface area contributed by atoms with Crippen molar-refractivity contribution in [2.24, 2.45) is 29.6 Å². The summed E-state index contributed by atoms with van der Waals surface area (Å²) in [5.74, 6) is 3.77. The molecule has 0 radical (unpaired) electrons. The molecule has 0 aromatic heterocycles. The molecule has 2 aromatic rings. The summed E-state index contributed by atoms with van der Waals surface area (Å²) in [5.41, 5.74) is 9.82. The van der Waals surface area contributed by atoms with E-state index in [1.54, 1.807) is 11.1 Å². The van der Waals surface area contributed by atoms with Gasteiger partial charge in [0.1, 0.15) is 0 Å². The van der Waals surface area contributed by atoms with Gasteiger partial charge in [0, 0.05) is 5.41 Å². The fourth-order valence-corrected chi connectivity index (χ4v) is 8.31. The van der Waals surface area contributed by atoms with Gasteiger partial charge in [-0.25, -0.2) is 0 Å². The maximum atomic E-state index is 2.69. The van der Waals surface area contributed by atoms with Crippen LogP contribution in [0.3, 0.4) is 0 Å². The average Bonchev–Trinajstić information content (AvgIpc) is 3.14. The van der Waals surface area contributed by atoms with Crippen LogP contribution in [-0.4, -0.2) is 0 Å². The summed E-state index contributed by atoms with van der Waals surface area (Å²) in [7, 11) is 0. The highest BCUT2D eigenvalue weighted by Gasteiger charge is 2.53. The molecule has 0 spiro atoms. The van der Waals surface area contributed by atoms with Gasteiger partial charge < -0.3 is 0 Å². The Labute approximate surface area is 242 Å². The largest absolute Gasteiger partial charge is 0.0654 e. The van der Waals surface area contributed by atoms with Crippen molar-refractivity contribution in [3.63, 3.8) is 0 Å². The summed E-state index contributed by atoms with van der Waals surface area (Å²) < 4.78 is 0. The molecule has 2 aromatic carbocycles. The Morgan fingerprint density at radius 1 is 0.821 bits per heavy atom. The summed E-state index contributed by atoms with van der Waals surface area (Å²) in [6.45, 7) is 26.8. The standard InChI is InChI=1S/C39H60/c1-12-14-15-28(13-2)25-39(34-22-27(5)16-19-31(34)26(3)4)35-23-29(37(6,7)8)17-20-32(35)33-21-18-30(24-36(33)39)38(9,10)11/h17-18,20-21,23-24,26-28,31,34H,12-16,19,22,25H2,1-11H3. The van der Waals surface area contributed by atoms with Gasteiger partial charge >= 0.3 is 0 Å². The summed E-state index contributed by atoms with van der Waals surface area (Å²) in [6, 6.07) is 15.3. The zero-order valence-electron chi connectivity index (χ0n) is 27.5. The van der Waals surface area contributed by atoms with Crippen molar-refractivity contribution in [1.29, 1.82) is 0 Å². The molecule has 4 unspecified atom stereocenters. The Morgan fingerprint density at radius 2 is 1.36 bits per heavy atom. The van der Waals surface area contributed by atoms with Crippen LogP contribution in [0.4, 0.5) is 0 Å². The molecular formula is C39H60. The zero-order valence-corrected chi connectivity index (χ0v) is 27.5. The van der Waals surface area contributed by atoms with E-state index >= 15 is 0 Å². The van der Waals surface area contributed by atoms with E-state index in [1.165, 1.54) is 73.6 Å². The Kier molecular flexibility index (Phi) is 8.86. The van der Waals surface area contributed by atoms with Crippen molar-refractivity contribution in [3.05, 3.63) is 58.7 Å². The smallest absolute Gasteiger partial charge is 0.0249 e. The minimum atomic E-state index is 0.102. The van der Waals surface area contributed by atoms with Crippen molar-refractivity contribution < 1.29 is 0 Å². The maximum absolute atomic E-state index is 2.69. The molecule has 216 valence electrons. The number of hydrogen-bond donors (Lipinski definition) is 0. The summed E-state index contributed by atoms with van der Waals surface area (Å²) in [6.07, 6.45) is 10.8. The van der Waals surface area contributed by atoms with Crippen molar-refractivity contribution in [2.75, 3.05) is 0 Å². The zero-order chi connectivity index (χ0) is 28.8. The van der Waals surface area contributed by atoms with Crippen molar-refractivity contribution in [2.45, 2.75) is 144 Å². The van der Waals surface area contributed by atoms with Gasteiger partial charge in [0.25, 0.3) is 0 Å². The normalized spacial score (nSPS) is 23.5. The second kappa shape index (κ2) is 11.4. The SMILES string of the molecule is CCCCC(CC)CC1(C2CC(C)CCC2C(C)C)c2cc(C(C)(C)C)ccc2-c2ccc(C(C)(C)C)cc21. The average molecular weight is 529 g/mol. The van der Waals surface area contributed by atoms with Crippen LogP contribution in [0, 0.1) is 29.6 Å². The molecule has 0 saturated heterocycles. The highest BCUT2D eigenvalue weighted by Crippen LogP contribution is 2.62. The monoisotopic (exact) mass is 528 g/mol. The first kappa shape index (κ1) is 30.4. The molecule has 2 aliphatic rings. The van der Waals surface area contributed by atoms with Gasteiger partial charge in [-0.05, 0) is 93.1 Å². The van der Waals surface area contributed by atoms with E-state index in [2.05, 4.69) is 113 Å². The van der Waals surface area contributed by atoms with E-state index in [4.69, 9.17) is 0 Å². The van der Waals surface area contributed by atoms with Crippen LogP contribution in [-0.2, 0) is 16.2 Å².